The maximum atomic E-state index is 15.1. The average molecular weight is 541 g/mol. The SMILES string of the molecule is COCCN1CCN(c2cc(F)cc(-c3nc(-c4ccc(C(F)F)cc4F)c4nc(C)c(C)nc4n3)c2)CC1. The molecule has 1 saturated heterocycles. The van der Waals surface area contributed by atoms with Gasteiger partial charge in [-0.1, -0.05) is 6.07 Å². The first-order valence-corrected chi connectivity index (χ1v) is 12.6. The lowest BCUT2D eigenvalue weighted by Gasteiger charge is -2.36. The van der Waals surface area contributed by atoms with Crippen molar-refractivity contribution in [2.45, 2.75) is 20.3 Å². The monoisotopic (exact) mass is 540 g/mol. The van der Waals surface area contributed by atoms with Crippen LogP contribution < -0.4 is 4.90 Å². The second kappa shape index (κ2) is 11.2. The topological polar surface area (TPSA) is 67.3 Å². The third-order valence-electron chi connectivity index (χ3n) is 6.93. The molecule has 0 radical (unpaired) electrons. The molecule has 0 amide bonds. The first-order valence-electron chi connectivity index (χ1n) is 12.6. The van der Waals surface area contributed by atoms with Crippen LogP contribution in [0.1, 0.15) is 23.4 Å². The Bertz CT molecular complexity index is 1510. The predicted octanol–water partition coefficient (Wildman–Crippen LogP) is 5.35. The van der Waals surface area contributed by atoms with Gasteiger partial charge in [-0.3, -0.25) is 4.90 Å². The minimum Gasteiger partial charge on any atom is -0.383 e. The second-order valence-corrected chi connectivity index (χ2v) is 9.52. The molecule has 1 fully saturated rings. The standard InChI is InChI=1S/C28H28F4N6O/c1-16-17(2)34-28-25(33-16)24(22-5-4-18(26(31)32)14-23(22)30)35-27(36-28)19-12-20(29)15-21(13-19)38-8-6-37(7-9-38)10-11-39-3/h4-5,12-15,26H,6-11H2,1-3H3. The lowest BCUT2D eigenvalue weighted by molar-refractivity contribution is 0.144. The van der Waals surface area contributed by atoms with Crippen molar-refractivity contribution in [2.75, 3.05) is 51.3 Å². The van der Waals surface area contributed by atoms with Crippen molar-refractivity contribution in [3.8, 4) is 22.6 Å². The number of aryl methyl sites for hydroxylation is 2. The summed E-state index contributed by atoms with van der Waals surface area (Å²) in [5.74, 6) is -1.20. The lowest BCUT2D eigenvalue weighted by Crippen LogP contribution is -2.47. The zero-order chi connectivity index (χ0) is 27.7. The largest absolute Gasteiger partial charge is 0.383 e. The summed E-state index contributed by atoms with van der Waals surface area (Å²) in [6.45, 7) is 8.06. The Kier molecular flexibility index (Phi) is 7.72. The number of alkyl halides is 2. The van der Waals surface area contributed by atoms with E-state index in [9.17, 15) is 13.2 Å². The Morgan fingerprint density at radius 1 is 0.897 bits per heavy atom. The van der Waals surface area contributed by atoms with E-state index in [0.717, 1.165) is 31.8 Å². The van der Waals surface area contributed by atoms with Gasteiger partial charge in [0.1, 0.15) is 22.8 Å². The van der Waals surface area contributed by atoms with E-state index >= 15 is 4.39 Å². The average Bonchev–Trinajstić information content (AvgIpc) is 2.92. The molecule has 3 heterocycles. The molecule has 0 aliphatic carbocycles. The van der Waals surface area contributed by atoms with Crippen LogP contribution in [0.2, 0.25) is 0 Å². The Morgan fingerprint density at radius 2 is 1.64 bits per heavy atom. The number of fused-ring (bicyclic) bond motifs is 1. The van der Waals surface area contributed by atoms with Crippen LogP contribution in [0, 0.1) is 25.5 Å². The number of rotatable bonds is 7. The highest BCUT2D eigenvalue weighted by Crippen LogP contribution is 2.33. The minimum absolute atomic E-state index is 0.0191. The van der Waals surface area contributed by atoms with Crippen molar-refractivity contribution in [3.05, 3.63) is 65.0 Å². The molecular formula is C28H28F4N6O. The summed E-state index contributed by atoms with van der Waals surface area (Å²) in [5.41, 5.74) is 2.36. The highest BCUT2D eigenvalue weighted by Gasteiger charge is 2.22. The van der Waals surface area contributed by atoms with Crippen LogP contribution in [0.3, 0.4) is 0 Å². The van der Waals surface area contributed by atoms with E-state index in [1.807, 2.05) is 0 Å². The van der Waals surface area contributed by atoms with Crippen molar-refractivity contribution in [1.82, 2.24) is 24.8 Å². The Balaban J connectivity index is 1.58. The van der Waals surface area contributed by atoms with E-state index in [2.05, 4.69) is 29.7 Å². The number of ether oxygens (including phenoxy) is 1. The fraction of sp³-hybridized carbons (Fsp3) is 0.357. The smallest absolute Gasteiger partial charge is 0.263 e. The molecular weight excluding hydrogens is 512 g/mol. The number of anilines is 1. The number of methoxy groups -OCH3 is 1. The molecule has 2 aromatic carbocycles. The molecule has 204 valence electrons. The van der Waals surface area contributed by atoms with Crippen LogP contribution >= 0.6 is 0 Å². The molecule has 1 aliphatic heterocycles. The molecule has 39 heavy (non-hydrogen) atoms. The van der Waals surface area contributed by atoms with E-state index in [0.29, 0.717) is 42.3 Å². The first-order chi connectivity index (χ1) is 18.7. The number of hydrogen-bond acceptors (Lipinski definition) is 7. The van der Waals surface area contributed by atoms with Gasteiger partial charge in [-0.15, -0.1) is 0 Å². The minimum atomic E-state index is -2.82. The highest BCUT2D eigenvalue weighted by atomic mass is 19.3. The van der Waals surface area contributed by atoms with Crippen molar-refractivity contribution in [2.24, 2.45) is 0 Å². The van der Waals surface area contributed by atoms with Gasteiger partial charge in [0.05, 0.1) is 18.0 Å². The van der Waals surface area contributed by atoms with Gasteiger partial charge in [0.2, 0.25) is 0 Å². The summed E-state index contributed by atoms with van der Waals surface area (Å²) in [4.78, 5) is 22.5. The van der Waals surface area contributed by atoms with E-state index in [-0.39, 0.29) is 28.2 Å². The van der Waals surface area contributed by atoms with Crippen LogP contribution in [-0.2, 0) is 4.74 Å². The van der Waals surface area contributed by atoms with Crippen LogP contribution in [0.25, 0.3) is 33.8 Å². The van der Waals surface area contributed by atoms with Gasteiger partial charge in [-0.05, 0) is 44.2 Å². The summed E-state index contributed by atoms with van der Waals surface area (Å²) < 4.78 is 61.5. The summed E-state index contributed by atoms with van der Waals surface area (Å²) in [5, 5.41) is 0. The number of halogens is 4. The summed E-state index contributed by atoms with van der Waals surface area (Å²) in [6.07, 6.45) is -2.82. The van der Waals surface area contributed by atoms with Gasteiger partial charge in [-0.2, -0.15) is 0 Å². The number of nitrogens with zero attached hydrogens (tertiary/aromatic N) is 6. The van der Waals surface area contributed by atoms with Crippen LogP contribution in [-0.4, -0.2) is 71.3 Å². The number of aromatic nitrogens is 4. The zero-order valence-electron chi connectivity index (χ0n) is 21.9. The van der Waals surface area contributed by atoms with Gasteiger partial charge in [-0.25, -0.2) is 37.5 Å². The van der Waals surface area contributed by atoms with Gasteiger partial charge in [0.25, 0.3) is 6.43 Å². The van der Waals surface area contributed by atoms with Crippen molar-refractivity contribution in [3.63, 3.8) is 0 Å². The van der Waals surface area contributed by atoms with Crippen LogP contribution in [0.4, 0.5) is 23.2 Å². The molecule has 0 saturated carbocycles. The highest BCUT2D eigenvalue weighted by molar-refractivity contribution is 5.89. The van der Waals surface area contributed by atoms with Gasteiger partial charge < -0.3 is 9.64 Å². The summed E-state index contributed by atoms with van der Waals surface area (Å²) in [7, 11) is 1.67. The molecule has 0 bridgehead atoms. The Morgan fingerprint density at radius 3 is 2.33 bits per heavy atom. The molecule has 5 rings (SSSR count). The third kappa shape index (κ3) is 5.69. The second-order valence-electron chi connectivity index (χ2n) is 9.52. The van der Waals surface area contributed by atoms with Crippen molar-refractivity contribution in [1.29, 1.82) is 0 Å². The molecule has 0 N–H and O–H groups in total. The fourth-order valence-corrected chi connectivity index (χ4v) is 4.62. The predicted molar refractivity (Wildman–Crippen MR) is 141 cm³/mol. The normalized spacial score (nSPS) is 14.5. The third-order valence-corrected chi connectivity index (χ3v) is 6.93. The summed E-state index contributed by atoms with van der Waals surface area (Å²) >= 11 is 0. The number of hydrogen-bond donors (Lipinski definition) is 0. The molecule has 11 heteroatoms. The van der Waals surface area contributed by atoms with Crippen molar-refractivity contribution < 1.29 is 22.3 Å². The van der Waals surface area contributed by atoms with Gasteiger partial charge >= 0.3 is 0 Å². The quantitative estimate of drug-likeness (QED) is 0.293. The zero-order valence-corrected chi connectivity index (χ0v) is 21.9. The van der Waals surface area contributed by atoms with Gasteiger partial charge in [0, 0.05) is 62.2 Å². The molecule has 0 unspecified atom stereocenters. The number of piperazine rings is 1. The van der Waals surface area contributed by atoms with Gasteiger partial charge in [0.15, 0.2) is 11.5 Å². The first kappa shape index (κ1) is 26.9. The van der Waals surface area contributed by atoms with E-state index in [1.54, 1.807) is 27.0 Å². The maximum Gasteiger partial charge on any atom is 0.263 e. The number of benzene rings is 2. The van der Waals surface area contributed by atoms with E-state index in [4.69, 9.17) is 4.74 Å². The molecule has 4 aromatic rings. The molecule has 7 nitrogen and oxygen atoms in total. The maximum absolute atomic E-state index is 15.1. The van der Waals surface area contributed by atoms with Crippen molar-refractivity contribution >= 4 is 16.9 Å². The Hall–Kier alpha value is -3.70. The van der Waals surface area contributed by atoms with Crippen LogP contribution in [0.15, 0.2) is 36.4 Å². The lowest BCUT2D eigenvalue weighted by atomic mass is 10.1. The molecule has 0 atom stereocenters. The van der Waals surface area contributed by atoms with Crippen LogP contribution in [0.5, 0.6) is 0 Å². The van der Waals surface area contributed by atoms with E-state index in [1.165, 1.54) is 18.2 Å². The Labute approximate surface area is 223 Å². The molecule has 0 spiro atoms. The summed E-state index contributed by atoms with van der Waals surface area (Å²) in [6, 6.07) is 7.76. The fourth-order valence-electron chi connectivity index (χ4n) is 4.62. The van der Waals surface area contributed by atoms with E-state index < -0.39 is 23.6 Å². The molecule has 2 aromatic heterocycles. The molecule has 1 aliphatic rings.